The standard InChI is InChI=1S/C25H23ClN2O/c1-28(16-18-7-3-2-4-8-18)17-25(29)22-15-24(19-11-13-20(26)14-12-19)27-23-10-6-5-9-21(22)23/h2-15,25,29H,16-17H2,1H3/t25-/m1/s1. The number of benzene rings is 3. The molecule has 1 aromatic heterocycles. The second-order valence-corrected chi connectivity index (χ2v) is 7.76. The van der Waals surface area contributed by atoms with Gasteiger partial charge in [0.05, 0.1) is 17.3 Å². The van der Waals surface area contributed by atoms with Crippen molar-refractivity contribution in [3.05, 3.63) is 101 Å². The van der Waals surface area contributed by atoms with E-state index in [4.69, 9.17) is 16.6 Å². The van der Waals surface area contributed by atoms with E-state index in [1.807, 2.05) is 79.8 Å². The van der Waals surface area contributed by atoms with Gasteiger partial charge in [0.25, 0.3) is 0 Å². The maximum absolute atomic E-state index is 11.1. The Kier molecular flexibility index (Phi) is 5.91. The van der Waals surface area contributed by atoms with Gasteiger partial charge in [-0.1, -0.05) is 72.3 Å². The fourth-order valence-electron chi connectivity index (χ4n) is 3.60. The Balaban J connectivity index is 1.65. The zero-order chi connectivity index (χ0) is 20.2. The molecule has 0 bridgehead atoms. The summed E-state index contributed by atoms with van der Waals surface area (Å²) >= 11 is 6.03. The van der Waals surface area contributed by atoms with E-state index < -0.39 is 6.10 Å². The van der Waals surface area contributed by atoms with Crippen LogP contribution in [0.1, 0.15) is 17.2 Å². The van der Waals surface area contributed by atoms with Crippen molar-refractivity contribution < 1.29 is 5.11 Å². The molecule has 4 rings (SSSR count). The molecule has 1 N–H and O–H groups in total. The molecule has 0 aliphatic heterocycles. The monoisotopic (exact) mass is 402 g/mol. The molecule has 3 aromatic carbocycles. The van der Waals surface area contributed by atoms with Gasteiger partial charge in [-0.15, -0.1) is 0 Å². The maximum atomic E-state index is 11.1. The minimum absolute atomic E-state index is 0.531. The highest BCUT2D eigenvalue weighted by molar-refractivity contribution is 6.30. The van der Waals surface area contributed by atoms with Gasteiger partial charge in [0.2, 0.25) is 0 Å². The van der Waals surface area contributed by atoms with E-state index in [0.29, 0.717) is 11.6 Å². The molecule has 1 heterocycles. The average Bonchev–Trinajstić information content (AvgIpc) is 2.74. The summed E-state index contributed by atoms with van der Waals surface area (Å²) in [5, 5.41) is 12.8. The summed E-state index contributed by atoms with van der Waals surface area (Å²) in [6, 6.07) is 27.9. The van der Waals surface area contributed by atoms with E-state index in [-0.39, 0.29) is 0 Å². The molecule has 0 spiro atoms. The van der Waals surface area contributed by atoms with Crippen LogP contribution in [0.3, 0.4) is 0 Å². The molecule has 0 radical (unpaired) electrons. The number of fused-ring (bicyclic) bond motifs is 1. The van der Waals surface area contributed by atoms with Gasteiger partial charge >= 0.3 is 0 Å². The van der Waals surface area contributed by atoms with Crippen molar-refractivity contribution >= 4 is 22.5 Å². The van der Waals surface area contributed by atoms with Crippen molar-refractivity contribution in [3.8, 4) is 11.3 Å². The number of aliphatic hydroxyl groups excluding tert-OH is 1. The molecule has 0 unspecified atom stereocenters. The smallest absolute Gasteiger partial charge is 0.0924 e. The number of nitrogens with zero attached hydrogens (tertiary/aromatic N) is 2. The first-order chi connectivity index (χ1) is 14.1. The van der Waals surface area contributed by atoms with Crippen molar-refractivity contribution in [3.63, 3.8) is 0 Å². The fraction of sp³-hybridized carbons (Fsp3) is 0.160. The van der Waals surface area contributed by atoms with Crippen LogP contribution in [0.25, 0.3) is 22.2 Å². The fourth-order valence-corrected chi connectivity index (χ4v) is 3.73. The van der Waals surface area contributed by atoms with Crippen LogP contribution in [0, 0.1) is 0 Å². The number of hydrogen-bond donors (Lipinski definition) is 1. The molecule has 0 saturated carbocycles. The quantitative estimate of drug-likeness (QED) is 0.448. The number of aliphatic hydroxyl groups is 1. The lowest BCUT2D eigenvalue weighted by Gasteiger charge is -2.22. The Morgan fingerprint density at radius 1 is 0.931 bits per heavy atom. The number of rotatable bonds is 6. The largest absolute Gasteiger partial charge is 0.387 e. The summed E-state index contributed by atoms with van der Waals surface area (Å²) < 4.78 is 0. The van der Waals surface area contributed by atoms with E-state index in [2.05, 4.69) is 17.0 Å². The molecule has 29 heavy (non-hydrogen) atoms. The third kappa shape index (κ3) is 4.65. The van der Waals surface area contributed by atoms with Crippen molar-refractivity contribution in [2.75, 3.05) is 13.6 Å². The van der Waals surface area contributed by atoms with Crippen LogP contribution in [0.4, 0.5) is 0 Å². The molecule has 4 heteroatoms. The summed E-state index contributed by atoms with van der Waals surface area (Å²) in [5.41, 5.74) is 4.80. The van der Waals surface area contributed by atoms with Crippen LogP contribution < -0.4 is 0 Å². The zero-order valence-corrected chi connectivity index (χ0v) is 17.1. The highest BCUT2D eigenvalue weighted by atomic mass is 35.5. The predicted molar refractivity (Wildman–Crippen MR) is 120 cm³/mol. The van der Waals surface area contributed by atoms with Gasteiger partial charge in [-0.05, 0) is 42.4 Å². The Labute approximate surface area is 176 Å². The van der Waals surface area contributed by atoms with E-state index >= 15 is 0 Å². The van der Waals surface area contributed by atoms with Crippen LogP contribution in [0.5, 0.6) is 0 Å². The molecule has 1 atom stereocenters. The Bertz CT molecular complexity index is 1100. The number of halogens is 1. The second-order valence-electron chi connectivity index (χ2n) is 7.32. The van der Waals surface area contributed by atoms with Crippen molar-refractivity contribution in [2.24, 2.45) is 0 Å². The van der Waals surface area contributed by atoms with Gasteiger partial charge in [0, 0.05) is 29.1 Å². The third-order valence-corrected chi connectivity index (χ3v) is 5.28. The molecule has 0 aliphatic rings. The first-order valence-corrected chi connectivity index (χ1v) is 10.0. The third-order valence-electron chi connectivity index (χ3n) is 5.03. The van der Waals surface area contributed by atoms with Crippen LogP contribution >= 0.6 is 11.6 Å². The Morgan fingerprint density at radius 3 is 2.38 bits per heavy atom. The second kappa shape index (κ2) is 8.75. The number of hydrogen-bond acceptors (Lipinski definition) is 3. The van der Waals surface area contributed by atoms with Gasteiger partial charge < -0.3 is 5.11 Å². The van der Waals surface area contributed by atoms with Gasteiger partial charge in [-0.3, -0.25) is 4.90 Å². The number of para-hydroxylation sites is 1. The maximum Gasteiger partial charge on any atom is 0.0924 e. The van der Waals surface area contributed by atoms with Gasteiger partial charge in [0.15, 0.2) is 0 Å². The van der Waals surface area contributed by atoms with Crippen molar-refractivity contribution in [1.29, 1.82) is 0 Å². The Morgan fingerprint density at radius 2 is 1.62 bits per heavy atom. The zero-order valence-electron chi connectivity index (χ0n) is 16.3. The molecule has 0 fully saturated rings. The average molecular weight is 403 g/mol. The van der Waals surface area contributed by atoms with Gasteiger partial charge in [-0.2, -0.15) is 0 Å². The summed E-state index contributed by atoms with van der Waals surface area (Å²) in [6.45, 7) is 1.31. The van der Waals surface area contributed by atoms with E-state index in [1.165, 1.54) is 5.56 Å². The lowest BCUT2D eigenvalue weighted by molar-refractivity contribution is 0.125. The molecular formula is C25H23ClN2O. The van der Waals surface area contributed by atoms with Crippen LogP contribution in [-0.4, -0.2) is 28.6 Å². The SMILES string of the molecule is CN(Cc1ccccc1)C[C@@H](O)c1cc(-c2ccc(Cl)cc2)nc2ccccc12. The summed E-state index contributed by atoms with van der Waals surface area (Å²) in [5.74, 6) is 0. The Hall–Kier alpha value is -2.72. The lowest BCUT2D eigenvalue weighted by atomic mass is 10.00. The summed E-state index contributed by atoms with van der Waals surface area (Å²) in [4.78, 5) is 6.93. The van der Waals surface area contributed by atoms with E-state index in [1.54, 1.807) is 0 Å². The van der Waals surface area contributed by atoms with Crippen LogP contribution in [0.2, 0.25) is 5.02 Å². The first-order valence-electron chi connectivity index (χ1n) is 9.66. The summed E-state index contributed by atoms with van der Waals surface area (Å²) in [6.07, 6.45) is -0.623. The summed E-state index contributed by atoms with van der Waals surface area (Å²) in [7, 11) is 2.03. The molecule has 4 aromatic rings. The molecule has 0 saturated heterocycles. The van der Waals surface area contributed by atoms with Crippen LogP contribution in [-0.2, 0) is 6.54 Å². The highest BCUT2D eigenvalue weighted by Gasteiger charge is 2.16. The normalized spacial score (nSPS) is 12.4. The van der Waals surface area contributed by atoms with Crippen LogP contribution in [0.15, 0.2) is 84.9 Å². The predicted octanol–water partition coefficient (Wildman–Crippen LogP) is 5.72. The van der Waals surface area contributed by atoms with Crippen molar-refractivity contribution in [2.45, 2.75) is 12.6 Å². The number of likely N-dealkylation sites (N-methyl/N-ethyl adjacent to an activating group) is 1. The first kappa shape index (κ1) is 19.6. The minimum atomic E-state index is -0.623. The topological polar surface area (TPSA) is 36.4 Å². The molecular weight excluding hydrogens is 380 g/mol. The molecule has 0 amide bonds. The van der Waals surface area contributed by atoms with E-state index in [9.17, 15) is 5.11 Å². The number of aromatic nitrogens is 1. The lowest BCUT2D eigenvalue weighted by Crippen LogP contribution is -2.24. The minimum Gasteiger partial charge on any atom is -0.387 e. The molecule has 3 nitrogen and oxygen atoms in total. The van der Waals surface area contributed by atoms with Gasteiger partial charge in [-0.25, -0.2) is 4.98 Å². The molecule has 0 aliphatic carbocycles. The molecule has 146 valence electrons. The van der Waals surface area contributed by atoms with E-state index in [0.717, 1.165) is 34.3 Å². The van der Waals surface area contributed by atoms with Gasteiger partial charge in [0.1, 0.15) is 0 Å². The highest BCUT2D eigenvalue weighted by Crippen LogP contribution is 2.29. The number of pyridine rings is 1. The van der Waals surface area contributed by atoms with Crippen molar-refractivity contribution in [1.82, 2.24) is 9.88 Å².